The molecule has 3 aromatic carbocycles. The van der Waals surface area contributed by atoms with E-state index in [4.69, 9.17) is 4.84 Å². The molecule has 1 atom stereocenters. The van der Waals surface area contributed by atoms with Gasteiger partial charge in [-0.05, 0) is 16.7 Å². The predicted octanol–water partition coefficient (Wildman–Crippen LogP) is 5.13. The first kappa shape index (κ1) is 16.0. The lowest BCUT2D eigenvalue weighted by atomic mass is 9.98. The van der Waals surface area contributed by atoms with Gasteiger partial charge in [-0.25, -0.2) is 0 Å². The van der Waals surface area contributed by atoms with Gasteiger partial charge in [-0.3, -0.25) is 10.1 Å². The van der Waals surface area contributed by atoms with E-state index < -0.39 is 4.92 Å². The molecule has 128 valence electrons. The summed E-state index contributed by atoms with van der Waals surface area (Å²) in [5, 5.41) is 15.1. The highest BCUT2D eigenvalue weighted by atomic mass is 16.6. The molecule has 0 aromatic heterocycles. The Kier molecular flexibility index (Phi) is 4.19. The summed E-state index contributed by atoms with van der Waals surface area (Å²) in [6, 6.07) is 24.9. The molecule has 1 unspecified atom stereocenters. The van der Waals surface area contributed by atoms with Crippen molar-refractivity contribution in [3.8, 4) is 11.1 Å². The van der Waals surface area contributed by atoms with Gasteiger partial charge in [-0.2, -0.15) is 0 Å². The molecular formula is C21H16N2O3. The van der Waals surface area contributed by atoms with E-state index in [-0.39, 0.29) is 11.8 Å². The maximum absolute atomic E-state index is 10.9. The Labute approximate surface area is 150 Å². The Morgan fingerprint density at radius 2 is 1.58 bits per heavy atom. The number of oxime groups is 1. The van der Waals surface area contributed by atoms with Crippen molar-refractivity contribution in [1.82, 2.24) is 0 Å². The zero-order valence-electron chi connectivity index (χ0n) is 13.9. The Hall–Kier alpha value is -3.47. The average molecular weight is 344 g/mol. The lowest BCUT2D eigenvalue weighted by Gasteiger charge is -2.08. The number of rotatable bonds is 4. The molecule has 0 N–H and O–H groups in total. The molecular weight excluding hydrogens is 328 g/mol. The van der Waals surface area contributed by atoms with Crippen LogP contribution in [0.5, 0.6) is 0 Å². The summed E-state index contributed by atoms with van der Waals surface area (Å²) in [6.45, 7) is 0. The van der Waals surface area contributed by atoms with E-state index in [2.05, 4.69) is 29.4 Å². The Morgan fingerprint density at radius 3 is 2.31 bits per heavy atom. The molecule has 0 bridgehead atoms. The Balaban J connectivity index is 1.50. The van der Waals surface area contributed by atoms with Crippen LogP contribution in [0.1, 0.15) is 23.7 Å². The monoisotopic (exact) mass is 344 g/mol. The third kappa shape index (κ3) is 3.19. The van der Waals surface area contributed by atoms with Crippen LogP contribution in [0.25, 0.3) is 11.1 Å². The second kappa shape index (κ2) is 6.80. The zero-order valence-corrected chi connectivity index (χ0v) is 13.9. The highest BCUT2D eigenvalue weighted by Gasteiger charge is 2.25. The van der Waals surface area contributed by atoms with E-state index in [1.54, 1.807) is 12.1 Å². The molecule has 0 aliphatic carbocycles. The second-order valence-corrected chi connectivity index (χ2v) is 6.13. The van der Waals surface area contributed by atoms with Crippen LogP contribution in [0.2, 0.25) is 0 Å². The molecule has 0 fully saturated rings. The third-order valence-corrected chi connectivity index (χ3v) is 4.45. The van der Waals surface area contributed by atoms with E-state index in [9.17, 15) is 10.1 Å². The molecule has 0 amide bonds. The quantitative estimate of drug-likeness (QED) is 0.487. The van der Waals surface area contributed by atoms with Crippen LogP contribution in [0.15, 0.2) is 84.0 Å². The fourth-order valence-electron chi connectivity index (χ4n) is 3.05. The molecule has 1 aliphatic heterocycles. The van der Waals surface area contributed by atoms with Crippen molar-refractivity contribution >= 4 is 11.4 Å². The summed E-state index contributed by atoms with van der Waals surface area (Å²) in [7, 11) is 0. The molecule has 5 heteroatoms. The van der Waals surface area contributed by atoms with Gasteiger partial charge >= 0.3 is 0 Å². The van der Waals surface area contributed by atoms with Gasteiger partial charge in [0.05, 0.1) is 10.6 Å². The van der Waals surface area contributed by atoms with Gasteiger partial charge in [0.2, 0.25) is 0 Å². The number of hydrogen-bond donors (Lipinski definition) is 0. The lowest BCUT2D eigenvalue weighted by molar-refractivity contribution is -0.385. The fourth-order valence-corrected chi connectivity index (χ4v) is 3.05. The van der Waals surface area contributed by atoms with Crippen LogP contribution < -0.4 is 0 Å². The first-order valence-electron chi connectivity index (χ1n) is 8.33. The first-order chi connectivity index (χ1) is 12.7. The summed E-state index contributed by atoms with van der Waals surface area (Å²) < 4.78 is 0. The number of non-ortho nitro benzene ring substituents is 1. The molecule has 26 heavy (non-hydrogen) atoms. The largest absolute Gasteiger partial charge is 0.387 e. The molecule has 0 radical (unpaired) electrons. The number of nitro benzene ring substituents is 1. The van der Waals surface area contributed by atoms with Crippen molar-refractivity contribution in [3.05, 3.63) is 100 Å². The molecule has 0 spiro atoms. The van der Waals surface area contributed by atoms with E-state index in [1.165, 1.54) is 6.07 Å². The highest BCUT2D eigenvalue weighted by Crippen LogP contribution is 2.31. The smallest absolute Gasteiger partial charge is 0.269 e. The highest BCUT2D eigenvalue weighted by molar-refractivity contribution is 6.01. The average Bonchev–Trinajstić information content (AvgIpc) is 3.19. The van der Waals surface area contributed by atoms with Gasteiger partial charge in [-0.1, -0.05) is 71.9 Å². The summed E-state index contributed by atoms with van der Waals surface area (Å²) in [5.41, 5.74) is 4.98. The standard InChI is InChI=1S/C21H16N2O3/c24-23(25)19-8-4-7-18(13-19)21-14-20(22-26-21)17-11-9-16(10-12-17)15-5-2-1-3-6-15/h1-13,21H,14H2. The van der Waals surface area contributed by atoms with Gasteiger partial charge in [0.25, 0.3) is 5.69 Å². The van der Waals surface area contributed by atoms with Gasteiger partial charge in [0, 0.05) is 24.1 Å². The maximum atomic E-state index is 10.9. The van der Waals surface area contributed by atoms with E-state index >= 15 is 0 Å². The van der Waals surface area contributed by atoms with Crippen molar-refractivity contribution in [2.45, 2.75) is 12.5 Å². The van der Waals surface area contributed by atoms with Crippen molar-refractivity contribution in [1.29, 1.82) is 0 Å². The van der Waals surface area contributed by atoms with Gasteiger partial charge < -0.3 is 4.84 Å². The van der Waals surface area contributed by atoms with Crippen molar-refractivity contribution < 1.29 is 9.76 Å². The van der Waals surface area contributed by atoms with Crippen LogP contribution >= 0.6 is 0 Å². The molecule has 1 heterocycles. The fraction of sp³-hybridized carbons (Fsp3) is 0.0952. The summed E-state index contributed by atoms with van der Waals surface area (Å²) in [4.78, 5) is 16.1. The Bertz CT molecular complexity index is 966. The van der Waals surface area contributed by atoms with Gasteiger partial charge in [0.1, 0.15) is 0 Å². The summed E-state index contributed by atoms with van der Waals surface area (Å²) in [6.07, 6.45) is 0.296. The predicted molar refractivity (Wildman–Crippen MR) is 100.0 cm³/mol. The maximum Gasteiger partial charge on any atom is 0.269 e. The van der Waals surface area contributed by atoms with E-state index in [0.29, 0.717) is 6.42 Å². The molecule has 0 saturated carbocycles. The summed E-state index contributed by atoms with van der Waals surface area (Å²) in [5.74, 6) is 0. The van der Waals surface area contributed by atoms with Crippen LogP contribution in [-0.2, 0) is 4.84 Å². The molecule has 0 saturated heterocycles. The first-order valence-corrected chi connectivity index (χ1v) is 8.33. The van der Waals surface area contributed by atoms with Crippen LogP contribution in [0.4, 0.5) is 5.69 Å². The van der Waals surface area contributed by atoms with Crippen LogP contribution in [0.3, 0.4) is 0 Å². The van der Waals surface area contributed by atoms with Crippen molar-refractivity contribution in [3.63, 3.8) is 0 Å². The third-order valence-electron chi connectivity index (χ3n) is 4.45. The molecule has 4 rings (SSSR count). The van der Waals surface area contributed by atoms with Crippen molar-refractivity contribution in [2.75, 3.05) is 0 Å². The number of nitro groups is 1. The summed E-state index contributed by atoms with van der Waals surface area (Å²) >= 11 is 0. The minimum Gasteiger partial charge on any atom is -0.387 e. The number of hydrogen-bond acceptors (Lipinski definition) is 4. The molecule has 5 nitrogen and oxygen atoms in total. The van der Waals surface area contributed by atoms with Gasteiger partial charge in [-0.15, -0.1) is 0 Å². The second-order valence-electron chi connectivity index (χ2n) is 6.13. The Morgan fingerprint density at radius 1 is 0.885 bits per heavy atom. The van der Waals surface area contributed by atoms with Crippen LogP contribution in [0, 0.1) is 10.1 Å². The minimum absolute atomic E-state index is 0.0618. The van der Waals surface area contributed by atoms with Crippen molar-refractivity contribution in [2.24, 2.45) is 5.16 Å². The topological polar surface area (TPSA) is 64.7 Å². The normalized spacial score (nSPS) is 16.0. The SMILES string of the molecule is O=[N+]([O-])c1cccc(C2CC(c3ccc(-c4ccccc4)cc3)=NO2)c1. The minimum atomic E-state index is -0.400. The van der Waals surface area contributed by atoms with E-state index in [0.717, 1.165) is 28.0 Å². The van der Waals surface area contributed by atoms with E-state index in [1.807, 2.05) is 36.4 Å². The molecule has 3 aromatic rings. The molecule has 1 aliphatic rings. The van der Waals surface area contributed by atoms with Gasteiger partial charge in [0.15, 0.2) is 6.10 Å². The number of benzene rings is 3. The number of nitrogens with zero attached hydrogens (tertiary/aromatic N) is 2. The zero-order chi connectivity index (χ0) is 17.9. The lowest BCUT2D eigenvalue weighted by Crippen LogP contribution is -2.02. The van der Waals surface area contributed by atoms with Crippen LogP contribution in [-0.4, -0.2) is 10.6 Å².